The number of carboxylic acid groups (broad SMARTS) is 1. The van der Waals surface area contributed by atoms with E-state index >= 15 is 0 Å². The van der Waals surface area contributed by atoms with Gasteiger partial charge in [-0.05, 0) is 29.7 Å². The summed E-state index contributed by atoms with van der Waals surface area (Å²) in [5.74, 6) is -0.548. The number of rotatable bonds is 7. The summed E-state index contributed by atoms with van der Waals surface area (Å²) in [5, 5.41) is 15.6. The molecule has 0 aliphatic heterocycles. The molecule has 1 amide bonds. The van der Waals surface area contributed by atoms with Gasteiger partial charge in [0.05, 0.1) is 29.9 Å². The maximum atomic E-state index is 12.6. The zero-order chi connectivity index (χ0) is 25.1. The monoisotopic (exact) mass is 500 g/mol. The summed E-state index contributed by atoms with van der Waals surface area (Å²) < 4.78 is 19.9. The summed E-state index contributed by atoms with van der Waals surface area (Å²) in [6, 6.07) is 20.4. The van der Waals surface area contributed by atoms with Gasteiger partial charge in [-0.15, -0.1) is 0 Å². The highest BCUT2D eigenvalue weighted by molar-refractivity contribution is 7.00. The van der Waals surface area contributed by atoms with Crippen LogP contribution in [0.4, 0.5) is 10.5 Å². The Kier molecular flexibility index (Phi) is 6.42. The Bertz CT molecular complexity index is 1530. The predicted octanol–water partition coefficient (Wildman–Crippen LogP) is 5.95. The molecule has 0 spiro atoms. The number of carboxylic acids is 1. The summed E-state index contributed by atoms with van der Waals surface area (Å²) in [4.78, 5) is 23.5. The molecule has 1 unspecified atom stereocenters. The predicted molar refractivity (Wildman–Crippen MR) is 135 cm³/mol. The normalized spacial score (nSPS) is 11.8. The van der Waals surface area contributed by atoms with Gasteiger partial charge in [-0.3, -0.25) is 10.1 Å². The molecule has 2 aromatic heterocycles. The van der Waals surface area contributed by atoms with Crippen LogP contribution in [0.25, 0.3) is 33.5 Å². The van der Waals surface area contributed by atoms with Crippen molar-refractivity contribution in [1.82, 2.24) is 13.9 Å². The molecule has 2 N–H and O–H groups in total. The van der Waals surface area contributed by atoms with E-state index < -0.39 is 18.2 Å². The van der Waals surface area contributed by atoms with E-state index in [1.807, 2.05) is 54.6 Å². The summed E-state index contributed by atoms with van der Waals surface area (Å²) in [6.07, 6.45) is 0.289. The zero-order valence-corrected chi connectivity index (χ0v) is 19.9. The second-order valence-corrected chi connectivity index (χ2v) is 8.57. The first-order valence-corrected chi connectivity index (χ1v) is 11.8. The number of nitrogens with one attached hydrogen (secondary N) is 1. The molecular weight excluding hydrogens is 480 g/mol. The van der Waals surface area contributed by atoms with E-state index in [9.17, 15) is 9.59 Å². The molecule has 0 bridgehead atoms. The Morgan fingerprint density at radius 3 is 2.42 bits per heavy atom. The van der Waals surface area contributed by atoms with Crippen LogP contribution in [0.3, 0.4) is 0 Å². The van der Waals surface area contributed by atoms with Gasteiger partial charge in [0.25, 0.3) is 0 Å². The molecule has 0 saturated carbocycles. The second-order valence-electron chi connectivity index (χ2n) is 8.04. The van der Waals surface area contributed by atoms with Crippen LogP contribution < -0.4 is 5.32 Å². The van der Waals surface area contributed by atoms with Crippen LogP contribution in [0.2, 0.25) is 0 Å². The fourth-order valence-corrected chi connectivity index (χ4v) is 4.45. The van der Waals surface area contributed by atoms with Crippen molar-refractivity contribution in [3.63, 3.8) is 0 Å². The van der Waals surface area contributed by atoms with Crippen molar-refractivity contribution in [3.05, 3.63) is 84.1 Å². The molecule has 0 aliphatic rings. The molecular formula is C26H20N4O5S. The first-order chi connectivity index (χ1) is 17.5. The van der Waals surface area contributed by atoms with E-state index in [1.165, 1.54) is 6.20 Å². The molecule has 2 heterocycles. The molecule has 180 valence electrons. The van der Waals surface area contributed by atoms with E-state index in [2.05, 4.69) is 19.2 Å². The van der Waals surface area contributed by atoms with Crippen molar-refractivity contribution in [2.45, 2.75) is 19.4 Å². The van der Waals surface area contributed by atoms with Crippen LogP contribution in [0, 0.1) is 0 Å². The zero-order valence-electron chi connectivity index (χ0n) is 19.0. The van der Waals surface area contributed by atoms with E-state index in [4.69, 9.17) is 14.4 Å². The van der Waals surface area contributed by atoms with Gasteiger partial charge in [-0.2, -0.15) is 8.75 Å². The maximum Gasteiger partial charge on any atom is 0.412 e. The third-order valence-corrected chi connectivity index (χ3v) is 6.17. The van der Waals surface area contributed by atoms with Crippen LogP contribution >= 0.6 is 11.7 Å². The number of nitrogens with zero attached hydrogens (tertiary/aromatic N) is 3. The number of carbonyl (C=O) groups excluding carboxylic acids is 1. The lowest BCUT2D eigenvalue weighted by Gasteiger charge is -2.14. The lowest BCUT2D eigenvalue weighted by Crippen LogP contribution is -2.16. The maximum absolute atomic E-state index is 12.6. The van der Waals surface area contributed by atoms with Gasteiger partial charge in [-0.1, -0.05) is 65.8 Å². The largest absolute Gasteiger partial charge is 0.481 e. The lowest BCUT2D eigenvalue weighted by molar-refractivity contribution is -0.136. The number of hydrogen-bond donors (Lipinski definition) is 2. The number of ether oxygens (including phenoxy) is 1. The Labute approximate surface area is 209 Å². The summed E-state index contributed by atoms with van der Waals surface area (Å²) in [5.41, 5.74) is 5.52. The third-order valence-electron chi connectivity index (χ3n) is 5.64. The van der Waals surface area contributed by atoms with Crippen molar-refractivity contribution in [1.29, 1.82) is 0 Å². The average molecular weight is 501 g/mol. The number of carbonyl (C=O) groups is 2. The van der Waals surface area contributed by atoms with E-state index in [0.29, 0.717) is 33.6 Å². The van der Waals surface area contributed by atoms with Crippen molar-refractivity contribution in [3.8, 4) is 22.5 Å². The summed E-state index contributed by atoms with van der Waals surface area (Å²) in [6.45, 7) is 1.79. The quantitative estimate of drug-likeness (QED) is 0.281. The highest BCUT2D eigenvalue weighted by Gasteiger charge is 2.21. The molecule has 0 aliphatic carbocycles. The lowest BCUT2D eigenvalue weighted by atomic mass is 9.99. The Balaban J connectivity index is 1.40. The number of anilines is 1. The van der Waals surface area contributed by atoms with Crippen molar-refractivity contribution < 1.29 is 24.0 Å². The molecule has 9 nitrogen and oxygen atoms in total. The smallest absolute Gasteiger partial charge is 0.412 e. The minimum atomic E-state index is -0.881. The molecule has 1 atom stereocenters. The van der Waals surface area contributed by atoms with E-state index in [0.717, 1.165) is 28.4 Å². The standard InChI is InChI=1S/C26H20N4O5S/c1-15(17-5-3-2-4-6-17)34-26(33)28-21-14-27-35-25(21)20-12-11-19(23-24(20)30-36-29-23)18-9-7-16(8-10-18)13-22(31)32/h2-12,14-15H,13H2,1H3,(H,28,33)(H,31,32). The van der Waals surface area contributed by atoms with Gasteiger partial charge in [-0.25, -0.2) is 4.79 Å². The van der Waals surface area contributed by atoms with Crippen molar-refractivity contribution >= 4 is 40.5 Å². The van der Waals surface area contributed by atoms with Crippen molar-refractivity contribution in [2.24, 2.45) is 0 Å². The molecule has 0 fully saturated rings. The van der Waals surface area contributed by atoms with E-state index in [-0.39, 0.29) is 6.42 Å². The molecule has 0 radical (unpaired) electrons. The molecule has 36 heavy (non-hydrogen) atoms. The average Bonchev–Trinajstić information content (AvgIpc) is 3.54. The number of benzene rings is 3. The summed E-state index contributed by atoms with van der Waals surface area (Å²) in [7, 11) is 0. The van der Waals surface area contributed by atoms with Crippen LogP contribution in [0.5, 0.6) is 0 Å². The first-order valence-electron chi connectivity index (χ1n) is 11.0. The van der Waals surface area contributed by atoms with Gasteiger partial charge in [0, 0.05) is 5.56 Å². The van der Waals surface area contributed by atoms with Crippen LogP contribution in [0.1, 0.15) is 24.2 Å². The van der Waals surface area contributed by atoms with Gasteiger partial charge in [0.1, 0.15) is 22.8 Å². The second kappa shape index (κ2) is 9.96. The first kappa shape index (κ1) is 23.2. The van der Waals surface area contributed by atoms with Crippen molar-refractivity contribution in [2.75, 3.05) is 5.32 Å². The van der Waals surface area contributed by atoms with Crippen LogP contribution in [-0.2, 0) is 16.0 Å². The topological polar surface area (TPSA) is 127 Å². The Morgan fingerprint density at radius 2 is 1.69 bits per heavy atom. The van der Waals surface area contributed by atoms with Crippen LogP contribution in [0.15, 0.2) is 77.4 Å². The van der Waals surface area contributed by atoms with Gasteiger partial charge in [0.2, 0.25) is 0 Å². The van der Waals surface area contributed by atoms with Gasteiger partial charge in [0.15, 0.2) is 5.76 Å². The van der Waals surface area contributed by atoms with Gasteiger partial charge < -0.3 is 14.4 Å². The molecule has 5 rings (SSSR count). The fourth-order valence-electron chi connectivity index (χ4n) is 3.87. The van der Waals surface area contributed by atoms with E-state index in [1.54, 1.807) is 19.1 Å². The molecule has 5 aromatic rings. The minimum absolute atomic E-state index is 0.0410. The Morgan fingerprint density at radius 1 is 1.00 bits per heavy atom. The molecule has 3 aromatic carbocycles. The minimum Gasteiger partial charge on any atom is -0.481 e. The third kappa shape index (κ3) is 4.80. The summed E-state index contributed by atoms with van der Waals surface area (Å²) >= 11 is 1.06. The number of fused-ring (bicyclic) bond motifs is 1. The van der Waals surface area contributed by atoms with Crippen LogP contribution in [-0.4, -0.2) is 31.1 Å². The number of aliphatic carboxylic acids is 1. The number of amides is 1. The van der Waals surface area contributed by atoms with Gasteiger partial charge >= 0.3 is 12.1 Å². The number of aromatic nitrogens is 3. The molecule has 0 saturated heterocycles. The highest BCUT2D eigenvalue weighted by Crippen LogP contribution is 2.37. The molecule has 10 heteroatoms. The highest BCUT2D eigenvalue weighted by atomic mass is 32.1. The SMILES string of the molecule is CC(OC(=O)Nc1cnoc1-c1ccc(-c2ccc(CC(=O)O)cc2)c2nsnc12)c1ccccc1. The Hall–Kier alpha value is -4.57. The number of hydrogen-bond acceptors (Lipinski definition) is 8. The fraction of sp³-hybridized carbons (Fsp3) is 0.115.